The van der Waals surface area contributed by atoms with Gasteiger partial charge in [0.05, 0.1) is 0 Å². The number of fused-ring (bicyclic) bond motifs is 1. The van der Waals surface area contributed by atoms with Crippen molar-refractivity contribution in [1.82, 2.24) is 4.98 Å². The highest BCUT2D eigenvalue weighted by Crippen LogP contribution is 2.29. The summed E-state index contributed by atoms with van der Waals surface area (Å²) >= 11 is 6.00. The van der Waals surface area contributed by atoms with E-state index < -0.39 is 5.91 Å². The van der Waals surface area contributed by atoms with Gasteiger partial charge in [-0.05, 0) is 55.2 Å². The van der Waals surface area contributed by atoms with E-state index in [2.05, 4.69) is 28.1 Å². The van der Waals surface area contributed by atoms with E-state index in [-0.39, 0.29) is 12.6 Å². The van der Waals surface area contributed by atoms with Crippen LogP contribution >= 0.6 is 11.6 Å². The van der Waals surface area contributed by atoms with E-state index in [1.54, 1.807) is 6.20 Å². The van der Waals surface area contributed by atoms with Gasteiger partial charge in [-0.3, -0.25) is 9.59 Å². The Bertz CT molecular complexity index is 819. The van der Waals surface area contributed by atoms with Crippen LogP contribution in [0.4, 0.5) is 5.69 Å². The molecule has 6 nitrogen and oxygen atoms in total. The number of rotatable bonds is 7. The fraction of sp³-hybridized carbons (Fsp3) is 0.450. The SMILES string of the molecule is NC(=O)COC(=O)CCCC1CCN(c2ccc3cnc(Cl)cc3c2)CC1. The molecule has 0 unspecified atom stereocenters. The molecule has 2 heterocycles. The first-order valence-corrected chi connectivity index (χ1v) is 9.63. The number of piperidine rings is 1. The molecule has 3 rings (SSSR count). The Labute approximate surface area is 163 Å². The molecule has 1 fully saturated rings. The quantitative estimate of drug-likeness (QED) is 0.580. The predicted octanol–water partition coefficient (Wildman–Crippen LogP) is 3.30. The highest BCUT2D eigenvalue weighted by atomic mass is 35.5. The molecule has 1 aromatic heterocycles. The minimum Gasteiger partial charge on any atom is -0.456 e. The lowest BCUT2D eigenvalue weighted by atomic mass is 9.91. The zero-order valence-corrected chi connectivity index (χ0v) is 16.0. The Balaban J connectivity index is 1.45. The average Bonchev–Trinajstić information content (AvgIpc) is 2.66. The van der Waals surface area contributed by atoms with Crippen LogP contribution in [0.2, 0.25) is 5.15 Å². The zero-order chi connectivity index (χ0) is 19.2. The van der Waals surface area contributed by atoms with Gasteiger partial charge in [0.1, 0.15) is 5.15 Å². The van der Waals surface area contributed by atoms with Crippen LogP contribution in [0.1, 0.15) is 32.1 Å². The highest BCUT2D eigenvalue weighted by Gasteiger charge is 2.20. The molecule has 0 saturated carbocycles. The van der Waals surface area contributed by atoms with Gasteiger partial charge in [0.2, 0.25) is 0 Å². The number of hydrogen-bond donors (Lipinski definition) is 1. The fourth-order valence-corrected chi connectivity index (χ4v) is 3.70. The van der Waals surface area contributed by atoms with Crippen molar-refractivity contribution in [1.29, 1.82) is 0 Å². The molecule has 1 aromatic carbocycles. The third-order valence-corrected chi connectivity index (χ3v) is 5.23. The first kappa shape index (κ1) is 19.4. The van der Waals surface area contributed by atoms with Gasteiger partial charge >= 0.3 is 5.97 Å². The van der Waals surface area contributed by atoms with E-state index in [1.807, 2.05) is 6.07 Å². The first-order chi connectivity index (χ1) is 13.0. The smallest absolute Gasteiger partial charge is 0.306 e. The number of pyridine rings is 1. The Morgan fingerprint density at radius 3 is 2.74 bits per heavy atom. The Morgan fingerprint density at radius 2 is 2.00 bits per heavy atom. The number of anilines is 1. The van der Waals surface area contributed by atoms with Gasteiger partial charge in [-0.2, -0.15) is 0 Å². The fourth-order valence-electron chi connectivity index (χ4n) is 3.54. The lowest BCUT2D eigenvalue weighted by molar-refractivity contribution is -0.147. The monoisotopic (exact) mass is 389 g/mol. The van der Waals surface area contributed by atoms with Crippen molar-refractivity contribution in [3.8, 4) is 0 Å². The van der Waals surface area contributed by atoms with Crippen LogP contribution in [0.5, 0.6) is 0 Å². The maximum atomic E-state index is 11.5. The number of primary amides is 1. The van der Waals surface area contributed by atoms with E-state index in [0.29, 0.717) is 17.5 Å². The van der Waals surface area contributed by atoms with Gasteiger partial charge in [-0.15, -0.1) is 0 Å². The van der Waals surface area contributed by atoms with E-state index >= 15 is 0 Å². The molecule has 2 N–H and O–H groups in total. The van der Waals surface area contributed by atoms with Gasteiger partial charge in [0.15, 0.2) is 6.61 Å². The molecule has 2 aromatic rings. The maximum absolute atomic E-state index is 11.5. The molecule has 1 aliphatic heterocycles. The number of carbonyl (C=O) groups is 2. The zero-order valence-electron chi connectivity index (χ0n) is 15.2. The molecule has 1 amide bonds. The molecule has 144 valence electrons. The van der Waals surface area contributed by atoms with E-state index in [0.717, 1.165) is 49.5 Å². The third-order valence-electron chi connectivity index (χ3n) is 5.02. The van der Waals surface area contributed by atoms with Crippen LogP contribution in [-0.4, -0.2) is 36.6 Å². The molecule has 0 bridgehead atoms. The molecule has 0 radical (unpaired) electrons. The second-order valence-corrected chi connectivity index (χ2v) is 7.38. The van der Waals surface area contributed by atoms with Crippen molar-refractivity contribution in [3.05, 3.63) is 35.6 Å². The van der Waals surface area contributed by atoms with Crippen molar-refractivity contribution in [2.45, 2.75) is 32.1 Å². The number of hydrogen-bond acceptors (Lipinski definition) is 5. The summed E-state index contributed by atoms with van der Waals surface area (Å²) in [5, 5.41) is 2.69. The molecule has 0 spiro atoms. The number of esters is 1. The number of carbonyl (C=O) groups excluding carboxylic acids is 2. The normalized spacial score (nSPS) is 15.1. The van der Waals surface area contributed by atoms with E-state index in [1.165, 1.54) is 5.69 Å². The number of ether oxygens (including phenoxy) is 1. The number of nitrogens with two attached hydrogens (primary N) is 1. The number of aromatic nitrogens is 1. The summed E-state index contributed by atoms with van der Waals surface area (Å²) in [4.78, 5) is 28.6. The van der Waals surface area contributed by atoms with Gasteiger partial charge < -0.3 is 15.4 Å². The first-order valence-electron chi connectivity index (χ1n) is 9.25. The summed E-state index contributed by atoms with van der Waals surface area (Å²) in [6.45, 7) is 1.67. The van der Waals surface area contributed by atoms with Crippen molar-refractivity contribution >= 4 is 39.9 Å². The van der Waals surface area contributed by atoms with Crippen molar-refractivity contribution < 1.29 is 14.3 Å². The molecule has 1 aliphatic rings. The van der Waals surface area contributed by atoms with Crippen LogP contribution in [0.25, 0.3) is 10.8 Å². The molecule has 0 aliphatic carbocycles. The van der Waals surface area contributed by atoms with Gasteiger partial charge in [0.25, 0.3) is 5.91 Å². The average molecular weight is 390 g/mol. The molecular formula is C20H24ClN3O3. The number of halogens is 1. The van der Waals surface area contributed by atoms with Crippen molar-refractivity contribution in [2.24, 2.45) is 11.7 Å². The van der Waals surface area contributed by atoms with Crippen LogP contribution in [0, 0.1) is 5.92 Å². The van der Waals surface area contributed by atoms with E-state index in [4.69, 9.17) is 22.1 Å². The van der Waals surface area contributed by atoms with Gasteiger partial charge in [0, 0.05) is 36.8 Å². The third kappa shape index (κ3) is 5.57. The molecule has 0 atom stereocenters. The van der Waals surface area contributed by atoms with Crippen LogP contribution in [0.3, 0.4) is 0 Å². The Morgan fingerprint density at radius 1 is 1.22 bits per heavy atom. The summed E-state index contributed by atoms with van der Waals surface area (Å²) in [6, 6.07) is 8.27. The van der Waals surface area contributed by atoms with Gasteiger partial charge in [-0.1, -0.05) is 17.7 Å². The molecule has 27 heavy (non-hydrogen) atoms. The number of amides is 1. The summed E-state index contributed by atoms with van der Waals surface area (Å²) in [5.74, 6) is -0.359. The minimum atomic E-state index is -0.622. The standard InChI is InChI=1S/C20H24ClN3O3/c21-18-11-16-10-17(5-4-15(16)12-23-18)24-8-6-14(7-9-24)2-1-3-20(26)27-13-19(22)25/h4-5,10-12,14H,1-3,6-9,13H2,(H2,22,25). The Hall–Kier alpha value is -2.34. The predicted molar refractivity (Wildman–Crippen MR) is 106 cm³/mol. The van der Waals surface area contributed by atoms with Crippen molar-refractivity contribution in [2.75, 3.05) is 24.6 Å². The summed E-state index contributed by atoms with van der Waals surface area (Å²) in [5.41, 5.74) is 6.16. The second kappa shape index (κ2) is 9.04. The van der Waals surface area contributed by atoms with Gasteiger partial charge in [-0.25, -0.2) is 4.98 Å². The van der Waals surface area contributed by atoms with Crippen molar-refractivity contribution in [3.63, 3.8) is 0 Å². The van der Waals surface area contributed by atoms with Crippen LogP contribution < -0.4 is 10.6 Å². The highest BCUT2D eigenvalue weighted by molar-refractivity contribution is 6.30. The summed E-state index contributed by atoms with van der Waals surface area (Å²) in [7, 11) is 0. The van der Waals surface area contributed by atoms with E-state index in [9.17, 15) is 9.59 Å². The molecule has 7 heteroatoms. The van der Waals surface area contributed by atoms with Crippen LogP contribution in [0.15, 0.2) is 30.5 Å². The summed E-state index contributed by atoms with van der Waals surface area (Å²) < 4.78 is 4.78. The van der Waals surface area contributed by atoms with Crippen LogP contribution in [-0.2, 0) is 14.3 Å². The lowest BCUT2D eigenvalue weighted by Gasteiger charge is -2.33. The minimum absolute atomic E-state index is 0.329. The molecular weight excluding hydrogens is 366 g/mol. The number of benzene rings is 1. The second-order valence-electron chi connectivity index (χ2n) is 6.99. The largest absolute Gasteiger partial charge is 0.456 e. The molecule has 1 saturated heterocycles. The summed E-state index contributed by atoms with van der Waals surface area (Å²) in [6.07, 6.45) is 6.12. The Kier molecular flexibility index (Phi) is 6.50. The number of nitrogens with zero attached hydrogens (tertiary/aromatic N) is 2. The maximum Gasteiger partial charge on any atom is 0.306 e. The topological polar surface area (TPSA) is 85.5 Å². The lowest BCUT2D eigenvalue weighted by Crippen LogP contribution is -2.33.